The van der Waals surface area contributed by atoms with Crippen molar-refractivity contribution in [2.45, 2.75) is 142 Å². The van der Waals surface area contributed by atoms with E-state index >= 15 is 0 Å². The molecule has 0 aliphatic heterocycles. The van der Waals surface area contributed by atoms with E-state index in [1.54, 1.807) is 51.2 Å². The molecule has 1 aromatic carbocycles. The second-order valence-corrected chi connectivity index (χ2v) is 12.4. The first-order valence-corrected chi connectivity index (χ1v) is 18.1. The van der Waals surface area contributed by atoms with E-state index in [4.69, 9.17) is 7.50 Å². The van der Waals surface area contributed by atoms with E-state index in [9.17, 15) is 37.8 Å². The zero-order valence-electron chi connectivity index (χ0n) is 28.3. The number of Topliss-reactive ketones (excluding diaryl/α,β-unsaturated/α-hetero) is 2. The number of carboxylic acid groups (broad SMARTS) is 2. The second kappa shape index (κ2) is 38.2. The van der Waals surface area contributed by atoms with E-state index in [2.05, 4.69) is 13.8 Å². The third-order valence-electron chi connectivity index (χ3n) is 5.82. The smallest absolute Gasteiger partial charge is 4.00 e. The molecule has 1 rings (SSSR count). The molecular weight excluding hydrogens is 684 g/mol. The Hall–Kier alpha value is -1.20. The largest absolute Gasteiger partial charge is 4.00 e. The summed E-state index contributed by atoms with van der Waals surface area (Å²) >= 11 is 1.71. The molecule has 0 aromatic heterocycles. The number of hydrogen-bond acceptors (Lipinski definition) is 10. The molecule has 0 N–H and O–H groups in total. The van der Waals surface area contributed by atoms with Crippen LogP contribution >= 0.6 is 0 Å². The molecule has 0 aliphatic carbocycles. The van der Waals surface area contributed by atoms with Crippen LogP contribution in [0.2, 0.25) is 0 Å². The van der Waals surface area contributed by atoms with Gasteiger partial charge in [0, 0.05) is 37.6 Å². The first-order chi connectivity index (χ1) is 21.4. The maximum Gasteiger partial charge on any atom is 4.00 e. The van der Waals surface area contributed by atoms with Gasteiger partial charge in [-0.1, -0.05) is 96.8 Å². The van der Waals surface area contributed by atoms with Crippen LogP contribution in [-0.4, -0.2) is 45.1 Å². The summed E-state index contributed by atoms with van der Waals surface area (Å²) in [6.45, 7) is 9.15. The summed E-state index contributed by atoms with van der Waals surface area (Å²) in [6, 6.07) is 8.33. The van der Waals surface area contributed by atoms with Crippen molar-refractivity contribution in [1.82, 2.24) is 0 Å². The van der Waals surface area contributed by atoms with Crippen molar-refractivity contribution in [2.24, 2.45) is 0 Å². The summed E-state index contributed by atoms with van der Waals surface area (Å²) in [6.07, 6.45) is 14.6. The molecule has 13 heteroatoms. The minimum Gasteiger partial charge on any atom is 4.00 e. The summed E-state index contributed by atoms with van der Waals surface area (Å²) in [4.78, 5) is 40.6. The van der Waals surface area contributed by atoms with Crippen LogP contribution in [0.5, 0.6) is 0 Å². The molecule has 0 atom stereocenters. The zero-order valence-corrected chi connectivity index (χ0v) is 32.3. The number of ketones is 2. The summed E-state index contributed by atoms with van der Waals surface area (Å²) in [5.41, 5.74) is 0. The molecule has 0 bridgehead atoms. The number of carbonyl (C=O) groups excluding carboxylic acids is 4. The SMILES string of the molecule is CCCC(=O)CC(=O)[O-].CCCC(=O)CC(=O)[O-].CCCCCCCCCCCCOS(=O)(=O)c1ccccc1.CCC[O][Ti+3].[Ti+4]. The summed E-state index contributed by atoms with van der Waals surface area (Å²) in [5, 5.41) is 19.5. The van der Waals surface area contributed by atoms with Crippen molar-refractivity contribution in [3.63, 3.8) is 0 Å². The third kappa shape index (κ3) is 40.8. The van der Waals surface area contributed by atoms with Crippen LogP contribution in [0.15, 0.2) is 35.2 Å². The average molecular weight is 740 g/mol. The third-order valence-corrected chi connectivity index (χ3v) is 7.46. The Morgan fingerprint density at radius 1 is 0.630 bits per heavy atom. The molecule has 0 unspecified atom stereocenters. The Bertz CT molecular complexity index is 942. The zero-order chi connectivity index (χ0) is 34.8. The predicted molar refractivity (Wildman–Crippen MR) is 167 cm³/mol. The molecule has 1 aromatic rings. The molecule has 0 aliphatic rings. The molecule has 0 amide bonds. The molecule has 0 saturated carbocycles. The van der Waals surface area contributed by atoms with Crippen LogP contribution in [0, 0.1) is 0 Å². The van der Waals surface area contributed by atoms with Gasteiger partial charge < -0.3 is 19.8 Å². The van der Waals surface area contributed by atoms with Gasteiger partial charge in [-0.15, -0.1) is 0 Å². The number of carbonyl (C=O) groups is 4. The minimum atomic E-state index is -3.57. The molecule has 0 fully saturated rings. The number of carboxylic acids is 2. The fraction of sp³-hybridized carbons (Fsp3) is 0.697. The van der Waals surface area contributed by atoms with E-state index in [-0.39, 0.29) is 44.8 Å². The van der Waals surface area contributed by atoms with E-state index < -0.39 is 34.9 Å². The molecule has 0 spiro atoms. The van der Waals surface area contributed by atoms with Gasteiger partial charge in [-0.2, -0.15) is 8.42 Å². The van der Waals surface area contributed by atoms with Crippen LogP contribution in [0.1, 0.15) is 137 Å². The number of aliphatic carboxylic acids is 2. The maximum atomic E-state index is 11.9. The van der Waals surface area contributed by atoms with Crippen molar-refractivity contribution in [3.8, 4) is 0 Å². The van der Waals surface area contributed by atoms with Crippen molar-refractivity contribution in [3.05, 3.63) is 30.3 Å². The summed E-state index contributed by atoms with van der Waals surface area (Å²) in [7, 11) is -3.57. The van der Waals surface area contributed by atoms with Crippen LogP contribution in [0.4, 0.5) is 0 Å². The van der Waals surface area contributed by atoms with E-state index in [0.29, 0.717) is 25.7 Å². The van der Waals surface area contributed by atoms with Gasteiger partial charge in [0.2, 0.25) is 0 Å². The Morgan fingerprint density at radius 3 is 1.37 bits per heavy atom. The van der Waals surface area contributed by atoms with Crippen LogP contribution in [0.25, 0.3) is 0 Å². The fourth-order valence-electron chi connectivity index (χ4n) is 3.57. The maximum absolute atomic E-state index is 11.9. The monoisotopic (exact) mass is 739 g/mol. The summed E-state index contributed by atoms with van der Waals surface area (Å²) < 4.78 is 33.5. The predicted octanol–water partition coefficient (Wildman–Crippen LogP) is 5.18. The normalized spacial score (nSPS) is 10.0. The quantitative estimate of drug-likeness (QED) is 0.0632. The fourth-order valence-corrected chi connectivity index (χ4v) is 4.85. The van der Waals surface area contributed by atoms with Gasteiger partial charge in [0.05, 0.1) is 11.5 Å². The summed E-state index contributed by atoms with van der Waals surface area (Å²) in [5.74, 6) is -3.07. The number of rotatable bonds is 23. The first kappa shape index (κ1) is 51.6. The molecular formula is C33H55O10STi2+5. The molecule has 0 heterocycles. The minimum absolute atomic E-state index is 0. The molecule has 10 nitrogen and oxygen atoms in total. The molecule has 256 valence electrons. The molecule has 0 radical (unpaired) electrons. The van der Waals surface area contributed by atoms with Crippen molar-refractivity contribution in [2.75, 3.05) is 13.2 Å². The van der Waals surface area contributed by atoms with Crippen LogP contribution in [-0.2, 0) is 79.3 Å². The Labute approximate surface area is 305 Å². The number of benzene rings is 1. The molecule has 46 heavy (non-hydrogen) atoms. The molecule has 0 saturated heterocycles. The van der Waals surface area contributed by atoms with Gasteiger partial charge in [0.1, 0.15) is 11.6 Å². The van der Waals surface area contributed by atoms with Gasteiger partial charge in [0.15, 0.2) is 0 Å². The first-order valence-electron chi connectivity index (χ1n) is 16.1. The average Bonchev–Trinajstić information content (AvgIpc) is 2.97. The van der Waals surface area contributed by atoms with Gasteiger partial charge in [-0.05, 0) is 31.4 Å². The van der Waals surface area contributed by atoms with Crippen molar-refractivity contribution < 1.29 is 87.9 Å². The Balaban J connectivity index is -0.000000304. The van der Waals surface area contributed by atoms with Crippen LogP contribution < -0.4 is 10.2 Å². The Morgan fingerprint density at radius 2 is 1.04 bits per heavy atom. The van der Waals surface area contributed by atoms with Crippen molar-refractivity contribution in [1.29, 1.82) is 0 Å². The Kier molecular flexibility index (Phi) is 42.9. The van der Waals surface area contributed by atoms with Crippen molar-refractivity contribution >= 4 is 33.6 Å². The van der Waals surface area contributed by atoms with E-state index in [0.717, 1.165) is 25.9 Å². The topological polar surface area (TPSA) is 167 Å². The van der Waals surface area contributed by atoms with Gasteiger partial charge >= 0.3 is 65.8 Å². The van der Waals surface area contributed by atoms with E-state index in [1.165, 1.54) is 51.4 Å². The van der Waals surface area contributed by atoms with E-state index in [1.807, 2.05) is 13.8 Å². The van der Waals surface area contributed by atoms with Gasteiger partial charge in [-0.25, -0.2) is 0 Å². The second-order valence-electron chi connectivity index (χ2n) is 10.3. The van der Waals surface area contributed by atoms with Crippen LogP contribution in [0.3, 0.4) is 0 Å². The number of hydrogen-bond donors (Lipinski definition) is 0. The number of unbranched alkanes of at least 4 members (excludes halogenated alkanes) is 9. The van der Waals surface area contributed by atoms with Gasteiger partial charge in [-0.3, -0.25) is 13.8 Å². The standard InChI is InChI=1S/C18H30O3S.2C6H10O3.C3H7O.2Ti/c1-2-3-4-5-6-7-8-9-10-14-17-21-22(19,20)18-15-12-11-13-16-18;2*1-2-3-5(7)4-6(8)9;1-2-3-4;;/h11-13,15-16H,2-10,14,17H2,1H3;2*2-4H2,1H3,(H,8,9);2-3H2,1H3;;/q;;;-1;2*+4/p-2. The van der Waals surface area contributed by atoms with Gasteiger partial charge in [0.25, 0.3) is 10.1 Å².